The molecule has 0 unspecified atom stereocenters. The van der Waals surface area contributed by atoms with Crippen LogP contribution in [0.25, 0.3) is 11.8 Å². The molecule has 4 aromatic rings. The van der Waals surface area contributed by atoms with Crippen LogP contribution >= 0.6 is 0 Å². The third-order valence-corrected chi connectivity index (χ3v) is 6.64. The topological polar surface area (TPSA) is 63.6 Å². The van der Waals surface area contributed by atoms with E-state index in [1.54, 1.807) is 24.3 Å². The molecule has 0 spiro atoms. The first kappa shape index (κ1) is 25.0. The van der Waals surface area contributed by atoms with Crippen molar-refractivity contribution >= 4 is 18.0 Å². The fourth-order valence-electron chi connectivity index (χ4n) is 4.55. The second-order valence-corrected chi connectivity index (χ2v) is 9.40. The maximum absolute atomic E-state index is 13.9. The molecule has 3 aromatic carbocycles. The highest BCUT2D eigenvalue weighted by Crippen LogP contribution is 2.26. The summed E-state index contributed by atoms with van der Waals surface area (Å²) >= 11 is 0. The lowest BCUT2D eigenvalue weighted by Crippen LogP contribution is -2.30. The van der Waals surface area contributed by atoms with Crippen molar-refractivity contribution in [3.05, 3.63) is 124 Å². The van der Waals surface area contributed by atoms with Crippen LogP contribution in [0.2, 0.25) is 0 Å². The van der Waals surface area contributed by atoms with Crippen LogP contribution in [0.3, 0.4) is 0 Å². The van der Waals surface area contributed by atoms with Crippen molar-refractivity contribution in [3.63, 3.8) is 0 Å². The monoisotopic (exact) mass is 509 g/mol. The van der Waals surface area contributed by atoms with E-state index in [1.165, 1.54) is 11.0 Å². The zero-order chi connectivity index (χ0) is 26.8. The summed E-state index contributed by atoms with van der Waals surface area (Å²) in [5.74, 6) is -0.00830. The van der Waals surface area contributed by atoms with Crippen LogP contribution in [0.1, 0.15) is 33.6 Å². The number of nitrogens with zero attached hydrogens (tertiary/aromatic N) is 2. The molecule has 0 saturated carbocycles. The molecule has 6 nitrogen and oxygen atoms in total. The van der Waals surface area contributed by atoms with Crippen LogP contribution in [0.5, 0.6) is 5.75 Å². The molecule has 0 radical (unpaired) electrons. The van der Waals surface area contributed by atoms with Gasteiger partial charge >= 0.3 is 6.03 Å². The number of ether oxygens (including phenoxy) is 1. The zero-order valence-electron chi connectivity index (χ0n) is 21.5. The Morgan fingerprint density at radius 1 is 0.921 bits per heavy atom. The number of benzene rings is 3. The van der Waals surface area contributed by atoms with Crippen molar-refractivity contribution in [2.75, 3.05) is 0 Å². The largest absolute Gasteiger partial charge is 0.489 e. The lowest BCUT2D eigenvalue weighted by molar-refractivity contribution is -0.123. The summed E-state index contributed by atoms with van der Waals surface area (Å²) in [5, 5.41) is 2.71. The quantitative estimate of drug-likeness (QED) is 0.238. The number of carbonyl (C=O) groups is 2. The summed E-state index contributed by atoms with van der Waals surface area (Å²) in [6.45, 7) is 6.30. The second kappa shape index (κ2) is 10.4. The van der Waals surface area contributed by atoms with Crippen molar-refractivity contribution in [2.45, 2.75) is 33.9 Å². The van der Waals surface area contributed by atoms with Crippen molar-refractivity contribution in [1.29, 1.82) is 0 Å². The third-order valence-electron chi connectivity index (χ3n) is 6.64. The summed E-state index contributed by atoms with van der Waals surface area (Å²) in [5.41, 5.74) is 6.41. The number of rotatable bonds is 7. The Labute approximate surface area is 221 Å². The maximum atomic E-state index is 13.9. The van der Waals surface area contributed by atoms with Gasteiger partial charge in [-0.1, -0.05) is 48.0 Å². The SMILES string of the molecule is Cc1ccc(CN2C(=O)N/C(=C/c3cc(C)n(-c4ccc(OCc5ccccc5F)cc4)c3C)C2=O)cc1. The van der Waals surface area contributed by atoms with Crippen molar-refractivity contribution in [3.8, 4) is 11.4 Å². The lowest BCUT2D eigenvalue weighted by Gasteiger charge is -2.12. The van der Waals surface area contributed by atoms with Gasteiger partial charge in [-0.3, -0.25) is 9.69 Å². The van der Waals surface area contributed by atoms with Gasteiger partial charge in [0, 0.05) is 22.6 Å². The van der Waals surface area contributed by atoms with Gasteiger partial charge in [0.05, 0.1) is 6.54 Å². The van der Waals surface area contributed by atoms with Gasteiger partial charge in [0.25, 0.3) is 5.91 Å². The molecule has 192 valence electrons. The first-order valence-electron chi connectivity index (χ1n) is 12.4. The Bertz CT molecular complexity index is 1540. The fraction of sp³-hybridized carbons (Fsp3) is 0.161. The standard InChI is InChI=1S/C31H28FN3O3/c1-20-8-10-23(11-9-20)18-34-30(36)29(33-31(34)37)17-25-16-21(2)35(22(25)3)26-12-14-27(15-13-26)38-19-24-6-4-5-7-28(24)32/h4-17H,18-19H2,1-3H3,(H,33,37)/b29-17+. The Morgan fingerprint density at radius 2 is 1.63 bits per heavy atom. The third kappa shape index (κ3) is 5.09. The number of hydrogen-bond donors (Lipinski definition) is 1. The summed E-state index contributed by atoms with van der Waals surface area (Å²) in [4.78, 5) is 26.8. The summed E-state index contributed by atoms with van der Waals surface area (Å²) in [6.07, 6.45) is 1.72. The van der Waals surface area contributed by atoms with E-state index in [1.807, 2.05) is 75.4 Å². The molecule has 1 N–H and O–H groups in total. The molecule has 0 aliphatic carbocycles. The van der Waals surface area contributed by atoms with Crippen molar-refractivity contribution in [1.82, 2.24) is 14.8 Å². The molecule has 5 rings (SSSR count). The minimum Gasteiger partial charge on any atom is -0.489 e. The maximum Gasteiger partial charge on any atom is 0.329 e. The second-order valence-electron chi connectivity index (χ2n) is 9.40. The van der Waals surface area contributed by atoms with Crippen LogP contribution in [0, 0.1) is 26.6 Å². The average Bonchev–Trinajstić information content (AvgIpc) is 3.33. The smallest absolute Gasteiger partial charge is 0.329 e. The van der Waals surface area contributed by atoms with E-state index in [0.717, 1.165) is 33.8 Å². The van der Waals surface area contributed by atoms with E-state index >= 15 is 0 Å². The molecular formula is C31H28FN3O3. The van der Waals surface area contributed by atoms with Gasteiger partial charge in [0.2, 0.25) is 0 Å². The van der Waals surface area contributed by atoms with Gasteiger partial charge < -0.3 is 14.6 Å². The van der Waals surface area contributed by atoms with Gasteiger partial charge in [0.1, 0.15) is 23.9 Å². The molecule has 0 bridgehead atoms. The summed E-state index contributed by atoms with van der Waals surface area (Å²) < 4.78 is 21.7. The van der Waals surface area contributed by atoms with Crippen LogP contribution in [-0.4, -0.2) is 21.4 Å². The molecule has 1 fully saturated rings. The van der Waals surface area contributed by atoms with Crippen LogP contribution in [0.4, 0.5) is 9.18 Å². The Kier molecular flexibility index (Phi) is 6.83. The van der Waals surface area contributed by atoms with Gasteiger partial charge in [-0.25, -0.2) is 9.18 Å². The van der Waals surface area contributed by atoms with E-state index in [0.29, 0.717) is 11.3 Å². The number of amides is 3. The zero-order valence-corrected chi connectivity index (χ0v) is 21.5. The number of carbonyl (C=O) groups excluding carboxylic acids is 2. The number of halogens is 1. The molecular weight excluding hydrogens is 481 g/mol. The number of urea groups is 1. The molecule has 7 heteroatoms. The van der Waals surface area contributed by atoms with E-state index in [4.69, 9.17) is 4.74 Å². The van der Waals surface area contributed by atoms with Gasteiger partial charge in [-0.15, -0.1) is 0 Å². The molecule has 1 aliphatic heterocycles. The molecule has 0 atom stereocenters. The highest BCUT2D eigenvalue weighted by atomic mass is 19.1. The van der Waals surface area contributed by atoms with Crippen LogP contribution < -0.4 is 10.1 Å². The fourth-order valence-corrected chi connectivity index (χ4v) is 4.55. The van der Waals surface area contributed by atoms with E-state index in [2.05, 4.69) is 9.88 Å². The normalized spacial score (nSPS) is 14.3. The van der Waals surface area contributed by atoms with E-state index in [-0.39, 0.29) is 30.6 Å². The predicted octanol–water partition coefficient (Wildman–Crippen LogP) is 6.21. The Morgan fingerprint density at radius 3 is 2.34 bits per heavy atom. The van der Waals surface area contributed by atoms with Gasteiger partial charge in [0.15, 0.2) is 0 Å². The minimum absolute atomic E-state index is 0.145. The van der Waals surface area contributed by atoms with Crippen molar-refractivity contribution < 1.29 is 18.7 Å². The lowest BCUT2D eigenvalue weighted by atomic mass is 10.1. The van der Waals surface area contributed by atoms with Gasteiger partial charge in [-0.2, -0.15) is 0 Å². The first-order chi connectivity index (χ1) is 18.3. The summed E-state index contributed by atoms with van der Waals surface area (Å²) in [6, 6.07) is 23.4. The number of aryl methyl sites for hydroxylation is 2. The molecule has 3 amide bonds. The highest BCUT2D eigenvalue weighted by molar-refractivity contribution is 6.14. The Hall–Kier alpha value is -4.65. The number of aromatic nitrogens is 1. The van der Waals surface area contributed by atoms with Crippen molar-refractivity contribution in [2.24, 2.45) is 0 Å². The average molecular weight is 510 g/mol. The molecule has 1 saturated heterocycles. The first-order valence-corrected chi connectivity index (χ1v) is 12.4. The molecule has 38 heavy (non-hydrogen) atoms. The predicted molar refractivity (Wildman–Crippen MR) is 144 cm³/mol. The summed E-state index contributed by atoms with van der Waals surface area (Å²) in [7, 11) is 0. The van der Waals surface area contributed by atoms with E-state index < -0.39 is 6.03 Å². The molecule has 2 heterocycles. The number of hydrogen-bond acceptors (Lipinski definition) is 3. The molecule has 1 aliphatic rings. The van der Waals surface area contributed by atoms with E-state index in [9.17, 15) is 14.0 Å². The molecule has 1 aromatic heterocycles. The number of imide groups is 1. The number of nitrogens with one attached hydrogen (secondary N) is 1. The van der Waals surface area contributed by atoms with Gasteiger partial charge in [-0.05, 0) is 74.4 Å². The highest BCUT2D eigenvalue weighted by Gasteiger charge is 2.33. The Balaban J connectivity index is 1.32. The van der Waals surface area contributed by atoms with Crippen LogP contribution in [0.15, 0.2) is 84.6 Å². The minimum atomic E-state index is -0.429. The van der Waals surface area contributed by atoms with Crippen LogP contribution in [-0.2, 0) is 17.9 Å².